The van der Waals surface area contributed by atoms with Gasteiger partial charge in [0.15, 0.2) is 5.82 Å². The van der Waals surface area contributed by atoms with Crippen LogP contribution in [0.3, 0.4) is 0 Å². The summed E-state index contributed by atoms with van der Waals surface area (Å²) in [6.07, 6.45) is 1.98. The molecule has 2 heterocycles. The van der Waals surface area contributed by atoms with Crippen LogP contribution in [0.25, 0.3) is 0 Å². The van der Waals surface area contributed by atoms with Crippen LogP contribution in [0, 0.1) is 5.41 Å². The third-order valence-electron chi connectivity index (χ3n) is 3.69. The zero-order chi connectivity index (χ0) is 14.9. The van der Waals surface area contributed by atoms with Gasteiger partial charge in [-0.2, -0.15) is 0 Å². The van der Waals surface area contributed by atoms with Crippen molar-refractivity contribution in [3.05, 3.63) is 17.8 Å². The Morgan fingerprint density at radius 3 is 2.80 bits per heavy atom. The second-order valence-electron chi connectivity index (χ2n) is 5.25. The Bertz CT molecular complexity index is 561. The van der Waals surface area contributed by atoms with Crippen LogP contribution in [0.1, 0.15) is 23.7 Å². The summed E-state index contributed by atoms with van der Waals surface area (Å²) >= 11 is 0. The van der Waals surface area contributed by atoms with Gasteiger partial charge in [0.05, 0.1) is 16.7 Å². The van der Waals surface area contributed by atoms with E-state index in [4.69, 9.17) is 10.8 Å². The number of nitrogens with two attached hydrogens (primary N) is 1. The molecular formula is C13H18N4O3. The van der Waals surface area contributed by atoms with Crippen molar-refractivity contribution in [3.63, 3.8) is 0 Å². The predicted octanol–water partition coefficient (Wildman–Crippen LogP) is 0.324. The lowest BCUT2D eigenvalue weighted by atomic mass is 9.89. The molecule has 7 nitrogen and oxygen atoms in total. The van der Waals surface area contributed by atoms with Gasteiger partial charge >= 0.3 is 5.97 Å². The quantitative estimate of drug-likeness (QED) is 0.735. The van der Waals surface area contributed by atoms with Gasteiger partial charge in [-0.25, -0.2) is 9.78 Å². The van der Waals surface area contributed by atoms with Crippen LogP contribution in [-0.2, 0) is 4.79 Å². The van der Waals surface area contributed by atoms with Gasteiger partial charge in [0.2, 0.25) is 5.91 Å². The first-order valence-corrected chi connectivity index (χ1v) is 6.33. The van der Waals surface area contributed by atoms with Gasteiger partial charge < -0.3 is 21.1 Å². The zero-order valence-electron chi connectivity index (χ0n) is 11.5. The smallest absolute Gasteiger partial charge is 0.337 e. The summed E-state index contributed by atoms with van der Waals surface area (Å²) in [6.45, 7) is 3.07. The number of nitrogen functional groups attached to an aromatic ring is 1. The number of anilines is 2. The van der Waals surface area contributed by atoms with Crippen molar-refractivity contribution >= 4 is 23.4 Å². The van der Waals surface area contributed by atoms with Crippen LogP contribution in [0.2, 0.25) is 0 Å². The van der Waals surface area contributed by atoms with E-state index in [1.807, 2.05) is 11.8 Å². The lowest BCUT2D eigenvalue weighted by Crippen LogP contribution is -2.39. The molecule has 0 aromatic carbocycles. The van der Waals surface area contributed by atoms with Gasteiger partial charge in [-0.1, -0.05) is 0 Å². The van der Waals surface area contributed by atoms with E-state index in [9.17, 15) is 9.59 Å². The van der Waals surface area contributed by atoms with Crippen molar-refractivity contribution in [3.8, 4) is 0 Å². The molecule has 1 saturated heterocycles. The second kappa shape index (κ2) is 4.99. The van der Waals surface area contributed by atoms with E-state index < -0.39 is 11.4 Å². The highest BCUT2D eigenvalue weighted by atomic mass is 16.4. The maximum absolute atomic E-state index is 11.9. The van der Waals surface area contributed by atoms with Crippen molar-refractivity contribution < 1.29 is 14.7 Å². The molecule has 0 bridgehead atoms. The highest BCUT2D eigenvalue weighted by Crippen LogP contribution is 2.34. The van der Waals surface area contributed by atoms with Gasteiger partial charge in [0.25, 0.3) is 0 Å². The van der Waals surface area contributed by atoms with E-state index in [-0.39, 0.29) is 11.5 Å². The molecule has 1 amide bonds. The molecule has 1 aromatic rings. The van der Waals surface area contributed by atoms with Gasteiger partial charge in [-0.05, 0) is 19.4 Å². The van der Waals surface area contributed by atoms with E-state index in [2.05, 4.69) is 10.3 Å². The number of carbonyl (C=O) groups is 2. The minimum absolute atomic E-state index is 0.0132. The lowest BCUT2D eigenvalue weighted by molar-refractivity contribution is -0.128. The van der Waals surface area contributed by atoms with Crippen molar-refractivity contribution in [1.29, 1.82) is 0 Å². The number of carboxylic acid groups (broad SMARTS) is 1. The van der Waals surface area contributed by atoms with Crippen molar-refractivity contribution in [2.45, 2.75) is 13.3 Å². The fourth-order valence-corrected chi connectivity index (χ4v) is 2.48. The monoisotopic (exact) mass is 278 g/mol. The van der Waals surface area contributed by atoms with Crippen molar-refractivity contribution in [1.82, 2.24) is 10.3 Å². The molecule has 108 valence electrons. The van der Waals surface area contributed by atoms with Crippen molar-refractivity contribution in [2.75, 3.05) is 30.8 Å². The molecule has 2 rings (SSSR count). The summed E-state index contributed by atoms with van der Waals surface area (Å²) in [5, 5.41) is 11.6. The lowest BCUT2D eigenvalue weighted by Gasteiger charge is -2.24. The summed E-state index contributed by atoms with van der Waals surface area (Å²) in [7, 11) is 1.62. The minimum atomic E-state index is -1.06. The topological polar surface area (TPSA) is 109 Å². The largest absolute Gasteiger partial charge is 0.478 e. The summed E-state index contributed by atoms with van der Waals surface area (Å²) in [4.78, 5) is 28.8. The van der Waals surface area contributed by atoms with E-state index in [1.165, 1.54) is 12.3 Å². The second-order valence-corrected chi connectivity index (χ2v) is 5.25. The molecule has 1 unspecified atom stereocenters. The summed E-state index contributed by atoms with van der Waals surface area (Å²) in [5.74, 6) is -0.546. The molecule has 0 aliphatic carbocycles. The molecule has 7 heteroatoms. The van der Waals surface area contributed by atoms with Crippen molar-refractivity contribution in [2.24, 2.45) is 5.41 Å². The maximum atomic E-state index is 11.9. The first-order chi connectivity index (χ1) is 9.37. The molecule has 1 aliphatic heterocycles. The standard InChI is InChI=1S/C13H18N4O3/c1-13(12(20)15-2)3-4-17(7-13)10-9(14)5-8(6-16-10)11(18)19/h5-6H,3-4,7,14H2,1-2H3,(H,15,20)(H,18,19). The third-order valence-corrected chi connectivity index (χ3v) is 3.69. The Morgan fingerprint density at radius 1 is 1.55 bits per heavy atom. The molecule has 0 saturated carbocycles. The number of nitrogens with zero attached hydrogens (tertiary/aromatic N) is 2. The van der Waals surface area contributed by atoms with Gasteiger partial charge in [-0.3, -0.25) is 4.79 Å². The molecule has 1 aliphatic rings. The summed E-state index contributed by atoms with van der Waals surface area (Å²) in [6, 6.07) is 1.39. The number of pyridine rings is 1. The van der Waals surface area contributed by atoms with E-state index in [0.29, 0.717) is 31.0 Å². The number of nitrogens with one attached hydrogen (secondary N) is 1. The first kappa shape index (κ1) is 14.1. The van der Waals surface area contributed by atoms with E-state index in [1.54, 1.807) is 7.05 Å². The Morgan fingerprint density at radius 2 is 2.25 bits per heavy atom. The first-order valence-electron chi connectivity index (χ1n) is 6.33. The van der Waals surface area contributed by atoms with Crippen LogP contribution in [0.4, 0.5) is 11.5 Å². The molecule has 0 radical (unpaired) electrons. The number of carboxylic acids is 1. The van der Waals surface area contributed by atoms with E-state index in [0.717, 1.165) is 0 Å². The zero-order valence-corrected chi connectivity index (χ0v) is 11.5. The van der Waals surface area contributed by atoms with Crippen LogP contribution in [0.15, 0.2) is 12.3 Å². The Hall–Kier alpha value is -2.31. The molecule has 1 fully saturated rings. The number of aromatic carboxylic acids is 1. The van der Waals surface area contributed by atoms with Crippen LogP contribution in [0.5, 0.6) is 0 Å². The summed E-state index contributed by atoms with van der Waals surface area (Å²) in [5.41, 5.74) is 5.76. The number of hydrogen-bond donors (Lipinski definition) is 3. The van der Waals surface area contributed by atoms with Gasteiger partial charge in [0, 0.05) is 26.3 Å². The predicted molar refractivity (Wildman–Crippen MR) is 74.6 cm³/mol. The minimum Gasteiger partial charge on any atom is -0.478 e. The fourth-order valence-electron chi connectivity index (χ4n) is 2.48. The summed E-state index contributed by atoms with van der Waals surface area (Å²) < 4.78 is 0. The van der Waals surface area contributed by atoms with Crippen LogP contribution in [-0.4, -0.2) is 42.1 Å². The number of rotatable bonds is 3. The average Bonchev–Trinajstić information content (AvgIpc) is 2.81. The molecular weight excluding hydrogens is 260 g/mol. The normalized spacial score (nSPS) is 21.8. The highest BCUT2D eigenvalue weighted by molar-refractivity contribution is 5.89. The fraction of sp³-hybridized carbons (Fsp3) is 0.462. The highest BCUT2D eigenvalue weighted by Gasteiger charge is 2.40. The Labute approximate surface area is 116 Å². The SMILES string of the molecule is CNC(=O)C1(C)CCN(c2ncc(C(=O)O)cc2N)C1. The molecule has 20 heavy (non-hydrogen) atoms. The number of aromatic nitrogens is 1. The van der Waals surface area contributed by atoms with Gasteiger partial charge in [-0.15, -0.1) is 0 Å². The van der Waals surface area contributed by atoms with Crippen LogP contribution < -0.4 is 16.0 Å². The number of carbonyl (C=O) groups excluding carboxylic acids is 1. The Balaban J connectivity index is 2.22. The van der Waals surface area contributed by atoms with Gasteiger partial charge in [0.1, 0.15) is 0 Å². The maximum Gasteiger partial charge on any atom is 0.337 e. The average molecular weight is 278 g/mol. The van der Waals surface area contributed by atoms with Crippen LogP contribution >= 0.6 is 0 Å². The number of hydrogen-bond acceptors (Lipinski definition) is 5. The molecule has 4 N–H and O–H groups in total. The molecule has 0 spiro atoms. The Kier molecular flexibility index (Phi) is 3.52. The third kappa shape index (κ3) is 2.38. The van der Waals surface area contributed by atoms with E-state index >= 15 is 0 Å². The molecule has 1 atom stereocenters. The number of amides is 1. The molecule has 1 aromatic heterocycles.